The van der Waals surface area contributed by atoms with Crippen LogP contribution < -0.4 is 0 Å². The van der Waals surface area contributed by atoms with Crippen LogP contribution in [0.4, 0.5) is 0 Å². The molecule has 0 saturated carbocycles. The normalized spacial score (nSPS) is 13.1. The summed E-state index contributed by atoms with van der Waals surface area (Å²) in [4.78, 5) is 0. The molecule has 15 heavy (non-hydrogen) atoms. The molecule has 0 aromatic carbocycles. The largest absolute Gasteiger partial charge is 0.390 e. The van der Waals surface area contributed by atoms with Crippen molar-refractivity contribution in [1.82, 2.24) is 9.78 Å². The van der Waals surface area contributed by atoms with E-state index in [9.17, 15) is 5.11 Å². The van der Waals surface area contributed by atoms with Gasteiger partial charge in [0.05, 0.1) is 28.6 Å². The molecular weight excluding hydrogens is 260 g/mol. The van der Waals surface area contributed by atoms with Crippen molar-refractivity contribution in [3.05, 3.63) is 15.9 Å². The highest BCUT2D eigenvalue weighted by molar-refractivity contribution is 9.10. The van der Waals surface area contributed by atoms with Gasteiger partial charge in [0.25, 0.3) is 0 Å². The first-order valence-electron chi connectivity index (χ1n) is 4.97. The highest BCUT2D eigenvalue weighted by Crippen LogP contribution is 2.22. The van der Waals surface area contributed by atoms with Crippen LogP contribution in [-0.2, 0) is 24.6 Å². The summed E-state index contributed by atoms with van der Waals surface area (Å²) in [7, 11) is 3.47. The summed E-state index contributed by atoms with van der Waals surface area (Å²) >= 11 is 3.51. The molecule has 1 aromatic heterocycles. The van der Waals surface area contributed by atoms with Crippen LogP contribution in [-0.4, -0.2) is 34.7 Å². The molecule has 4 nitrogen and oxygen atoms in total. The summed E-state index contributed by atoms with van der Waals surface area (Å²) in [6.45, 7) is 2.40. The standard InChI is InChI=1S/C10H17BrN2O2/c1-4-8-10(11)9(13(2)12-8)5-7(14)6-15-3/h7,14H,4-6H2,1-3H3. The Bertz CT molecular complexity index is 325. The van der Waals surface area contributed by atoms with Crippen LogP contribution in [0.2, 0.25) is 0 Å². The Balaban J connectivity index is 2.80. The topological polar surface area (TPSA) is 47.3 Å². The van der Waals surface area contributed by atoms with Crippen LogP contribution >= 0.6 is 15.9 Å². The maximum absolute atomic E-state index is 9.65. The average Bonchev–Trinajstić information content (AvgIpc) is 2.45. The predicted molar refractivity (Wildman–Crippen MR) is 61.9 cm³/mol. The molecule has 0 spiro atoms. The van der Waals surface area contributed by atoms with E-state index >= 15 is 0 Å². The number of methoxy groups -OCH3 is 1. The van der Waals surface area contributed by atoms with E-state index in [2.05, 4.69) is 28.0 Å². The van der Waals surface area contributed by atoms with Crippen molar-refractivity contribution >= 4 is 15.9 Å². The minimum Gasteiger partial charge on any atom is -0.390 e. The second kappa shape index (κ2) is 5.63. The fourth-order valence-corrected chi connectivity index (χ4v) is 2.29. The third-order valence-electron chi connectivity index (χ3n) is 2.29. The second-order valence-corrected chi connectivity index (χ2v) is 4.29. The lowest BCUT2D eigenvalue weighted by Gasteiger charge is -2.09. The molecular formula is C10H17BrN2O2. The number of halogens is 1. The van der Waals surface area contributed by atoms with Gasteiger partial charge in [-0.1, -0.05) is 6.92 Å². The summed E-state index contributed by atoms with van der Waals surface area (Å²) < 4.78 is 7.70. The van der Waals surface area contributed by atoms with Crippen LogP contribution in [0.1, 0.15) is 18.3 Å². The predicted octanol–water partition coefficient (Wildman–Crippen LogP) is 1.29. The number of hydrogen-bond donors (Lipinski definition) is 1. The molecule has 0 aliphatic carbocycles. The molecule has 1 rings (SSSR count). The fourth-order valence-electron chi connectivity index (χ4n) is 1.52. The summed E-state index contributed by atoms with van der Waals surface area (Å²) in [5.41, 5.74) is 2.04. The van der Waals surface area contributed by atoms with Gasteiger partial charge in [-0.2, -0.15) is 5.10 Å². The zero-order chi connectivity index (χ0) is 11.4. The number of nitrogens with zero attached hydrogens (tertiary/aromatic N) is 2. The van der Waals surface area contributed by atoms with E-state index in [1.54, 1.807) is 7.11 Å². The molecule has 86 valence electrons. The van der Waals surface area contributed by atoms with Gasteiger partial charge in [0.1, 0.15) is 0 Å². The van der Waals surface area contributed by atoms with Crippen molar-refractivity contribution in [2.75, 3.05) is 13.7 Å². The van der Waals surface area contributed by atoms with Crippen molar-refractivity contribution < 1.29 is 9.84 Å². The summed E-state index contributed by atoms with van der Waals surface area (Å²) in [5.74, 6) is 0. The van der Waals surface area contributed by atoms with Crippen molar-refractivity contribution in [2.24, 2.45) is 7.05 Å². The van der Waals surface area contributed by atoms with Crippen molar-refractivity contribution in [3.63, 3.8) is 0 Å². The van der Waals surface area contributed by atoms with Gasteiger partial charge in [-0.15, -0.1) is 0 Å². The minimum absolute atomic E-state index is 0.346. The van der Waals surface area contributed by atoms with E-state index in [4.69, 9.17) is 4.74 Å². The van der Waals surface area contributed by atoms with E-state index in [-0.39, 0.29) is 0 Å². The molecule has 1 heterocycles. The van der Waals surface area contributed by atoms with E-state index in [1.165, 1.54) is 0 Å². The number of hydrogen-bond acceptors (Lipinski definition) is 3. The molecule has 1 N–H and O–H groups in total. The molecule has 0 aliphatic rings. The molecule has 0 aliphatic heterocycles. The van der Waals surface area contributed by atoms with Gasteiger partial charge in [0.15, 0.2) is 0 Å². The lowest BCUT2D eigenvalue weighted by Crippen LogP contribution is -2.19. The number of aryl methyl sites for hydroxylation is 2. The molecule has 0 radical (unpaired) electrons. The van der Waals surface area contributed by atoms with Gasteiger partial charge in [-0.3, -0.25) is 4.68 Å². The van der Waals surface area contributed by atoms with Gasteiger partial charge in [-0.05, 0) is 22.4 Å². The highest BCUT2D eigenvalue weighted by atomic mass is 79.9. The third-order valence-corrected chi connectivity index (χ3v) is 3.21. The minimum atomic E-state index is -0.480. The van der Waals surface area contributed by atoms with Crippen molar-refractivity contribution in [3.8, 4) is 0 Å². The number of rotatable bonds is 5. The first-order valence-corrected chi connectivity index (χ1v) is 5.76. The van der Waals surface area contributed by atoms with Gasteiger partial charge >= 0.3 is 0 Å². The van der Waals surface area contributed by atoms with Crippen LogP contribution in [0.25, 0.3) is 0 Å². The molecule has 1 aromatic rings. The lowest BCUT2D eigenvalue weighted by molar-refractivity contribution is 0.0638. The van der Waals surface area contributed by atoms with Crippen LogP contribution in [0.5, 0.6) is 0 Å². The van der Waals surface area contributed by atoms with Gasteiger partial charge < -0.3 is 9.84 Å². The van der Waals surface area contributed by atoms with Crippen LogP contribution in [0.15, 0.2) is 4.47 Å². The number of aromatic nitrogens is 2. The number of ether oxygens (including phenoxy) is 1. The first-order chi connectivity index (χ1) is 7.10. The maximum atomic E-state index is 9.65. The van der Waals surface area contributed by atoms with E-state index in [0.29, 0.717) is 13.0 Å². The zero-order valence-corrected chi connectivity index (χ0v) is 10.9. The van der Waals surface area contributed by atoms with E-state index in [1.807, 2.05) is 11.7 Å². The Kier molecular flexibility index (Phi) is 4.76. The maximum Gasteiger partial charge on any atom is 0.0829 e. The summed E-state index contributed by atoms with van der Waals surface area (Å²) in [6.07, 6.45) is 0.957. The second-order valence-electron chi connectivity index (χ2n) is 3.50. The van der Waals surface area contributed by atoms with Crippen molar-refractivity contribution in [1.29, 1.82) is 0 Å². The molecule has 0 fully saturated rings. The summed E-state index contributed by atoms with van der Waals surface area (Å²) in [5, 5.41) is 14.0. The molecule has 0 saturated heterocycles. The molecule has 1 atom stereocenters. The number of aliphatic hydroxyl groups is 1. The summed E-state index contributed by atoms with van der Waals surface area (Å²) in [6, 6.07) is 0. The Morgan fingerprint density at radius 3 is 2.73 bits per heavy atom. The van der Waals surface area contributed by atoms with E-state index in [0.717, 1.165) is 22.3 Å². The van der Waals surface area contributed by atoms with Crippen molar-refractivity contribution in [2.45, 2.75) is 25.9 Å². The Morgan fingerprint density at radius 1 is 1.60 bits per heavy atom. The molecule has 0 amide bonds. The van der Waals surface area contributed by atoms with Gasteiger partial charge in [-0.25, -0.2) is 0 Å². The quantitative estimate of drug-likeness (QED) is 0.882. The van der Waals surface area contributed by atoms with E-state index < -0.39 is 6.10 Å². The zero-order valence-electron chi connectivity index (χ0n) is 9.33. The number of aliphatic hydroxyl groups excluding tert-OH is 1. The monoisotopic (exact) mass is 276 g/mol. The SMILES string of the molecule is CCc1nn(C)c(CC(O)COC)c1Br. The highest BCUT2D eigenvalue weighted by Gasteiger charge is 2.15. The third kappa shape index (κ3) is 3.03. The molecule has 0 bridgehead atoms. The Hall–Kier alpha value is -0.390. The first kappa shape index (κ1) is 12.7. The smallest absolute Gasteiger partial charge is 0.0829 e. The fraction of sp³-hybridized carbons (Fsp3) is 0.700. The van der Waals surface area contributed by atoms with Gasteiger partial charge in [0.2, 0.25) is 0 Å². The van der Waals surface area contributed by atoms with Crippen LogP contribution in [0.3, 0.4) is 0 Å². The van der Waals surface area contributed by atoms with Gasteiger partial charge in [0, 0.05) is 20.6 Å². The Labute approximate surface area is 98.4 Å². The molecule has 1 unspecified atom stereocenters. The average molecular weight is 277 g/mol. The van der Waals surface area contributed by atoms with Crippen LogP contribution in [0, 0.1) is 0 Å². The lowest BCUT2D eigenvalue weighted by atomic mass is 10.2. The Morgan fingerprint density at radius 2 is 2.27 bits per heavy atom. The molecule has 5 heteroatoms.